The third-order valence-corrected chi connectivity index (χ3v) is 4.10. The predicted molar refractivity (Wildman–Crippen MR) is 96.3 cm³/mol. The zero-order valence-electron chi connectivity index (χ0n) is 14.1. The summed E-state index contributed by atoms with van der Waals surface area (Å²) >= 11 is 0. The first kappa shape index (κ1) is 16.0. The minimum Gasteiger partial charge on any atom is -0.497 e. The number of fused-ring (bicyclic) bond motifs is 2. The first-order chi connectivity index (χ1) is 12.5. The maximum atomic E-state index is 12.6. The molecule has 0 aliphatic heterocycles. The van der Waals surface area contributed by atoms with Crippen LogP contribution in [0.4, 0.5) is 0 Å². The highest BCUT2D eigenvalue weighted by molar-refractivity contribution is 5.82. The van der Waals surface area contributed by atoms with Crippen LogP contribution < -0.4 is 20.5 Å². The van der Waals surface area contributed by atoms with Crippen molar-refractivity contribution in [3.8, 4) is 17.2 Å². The molecule has 0 saturated carbocycles. The van der Waals surface area contributed by atoms with Crippen LogP contribution in [0.2, 0.25) is 0 Å². The molecule has 4 aromatic rings. The molecule has 0 atom stereocenters. The Morgan fingerprint density at radius 3 is 2.42 bits per heavy atom. The molecule has 26 heavy (non-hydrogen) atoms. The second-order valence-corrected chi connectivity index (χ2v) is 5.80. The van der Waals surface area contributed by atoms with Gasteiger partial charge in [0.1, 0.15) is 28.9 Å². The van der Waals surface area contributed by atoms with Gasteiger partial charge in [0, 0.05) is 23.6 Å². The highest BCUT2D eigenvalue weighted by atomic mass is 16.5. The smallest absolute Gasteiger partial charge is 0.336 e. The van der Waals surface area contributed by atoms with Gasteiger partial charge in [-0.05, 0) is 36.8 Å². The molecule has 6 heteroatoms. The molecule has 2 heterocycles. The molecule has 130 valence electrons. The van der Waals surface area contributed by atoms with E-state index < -0.39 is 5.63 Å². The number of hydrogen-bond acceptors (Lipinski definition) is 6. The summed E-state index contributed by atoms with van der Waals surface area (Å²) in [6.45, 7) is 1.83. The minimum atomic E-state index is -0.439. The Balaban J connectivity index is 1.77. The van der Waals surface area contributed by atoms with Crippen molar-refractivity contribution in [2.24, 2.45) is 0 Å². The van der Waals surface area contributed by atoms with Crippen LogP contribution in [0.1, 0.15) is 5.56 Å². The van der Waals surface area contributed by atoms with Gasteiger partial charge in [-0.15, -0.1) is 0 Å². The Morgan fingerprint density at radius 2 is 1.62 bits per heavy atom. The van der Waals surface area contributed by atoms with Crippen molar-refractivity contribution in [2.75, 3.05) is 7.11 Å². The third kappa shape index (κ3) is 2.71. The van der Waals surface area contributed by atoms with Gasteiger partial charge in [0.25, 0.3) is 0 Å². The first-order valence-corrected chi connectivity index (χ1v) is 7.87. The number of ether oxygens (including phenoxy) is 2. The van der Waals surface area contributed by atoms with Crippen molar-refractivity contribution in [1.82, 2.24) is 0 Å². The van der Waals surface area contributed by atoms with Gasteiger partial charge in [-0.25, -0.2) is 4.79 Å². The Bertz CT molecular complexity index is 1250. The van der Waals surface area contributed by atoms with E-state index >= 15 is 0 Å². The normalized spacial score (nSPS) is 11.0. The molecular weight excluding hydrogens is 336 g/mol. The molecular formula is C20H14O6. The zero-order chi connectivity index (χ0) is 18.3. The first-order valence-electron chi connectivity index (χ1n) is 7.87. The SMILES string of the molecule is COc1ccc2c(=O)c(Oc3ccc4c(C)cc(=O)oc4c3)coc2c1. The van der Waals surface area contributed by atoms with E-state index in [-0.39, 0.29) is 11.2 Å². The minimum absolute atomic E-state index is 0.0389. The molecule has 0 unspecified atom stereocenters. The molecule has 0 bridgehead atoms. The van der Waals surface area contributed by atoms with Gasteiger partial charge in [0.15, 0.2) is 0 Å². The molecule has 4 rings (SSSR count). The fraction of sp³-hybridized carbons (Fsp3) is 0.100. The highest BCUT2D eigenvalue weighted by Crippen LogP contribution is 2.27. The Morgan fingerprint density at radius 1 is 0.885 bits per heavy atom. The lowest BCUT2D eigenvalue weighted by molar-refractivity contribution is 0.413. The molecule has 0 saturated heterocycles. The van der Waals surface area contributed by atoms with Crippen LogP contribution in [0.25, 0.3) is 21.9 Å². The molecule has 0 spiro atoms. The van der Waals surface area contributed by atoms with Crippen molar-refractivity contribution >= 4 is 21.9 Å². The van der Waals surface area contributed by atoms with E-state index in [2.05, 4.69) is 0 Å². The molecule has 0 aliphatic rings. The Kier molecular flexibility index (Phi) is 3.73. The highest BCUT2D eigenvalue weighted by Gasteiger charge is 2.11. The summed E-state index contributed by atoms with van der Waals surface area (Å²) in [5.74, 6) is 0.998. The number of rotatable bonds is 3. The number of aryl methyl sites for hydroxylation is 1. The van der Waals surface area contributed by atoms with Crippen molar-refractivity contribution in [2.45, 2.75) is 6.92 Å². The average Bonchev–Trinajstić information content (AvgIpc) is 2.63. The van der Waals surface area contributed by atoms with Crippen LogP contribution in [0, 0.1) is 6.92 Å². The van der Waals surface area contributed by atoms with Crippen molar-refractivity contribution in [1.29, 1.82) is 0 Å². The quantitative estimate of drug-likeness (QED) is 0.520. The standard InChI is InChI=1S/C20H14O6/c1-11-7-19(21)26-17-9-13(4-5-14(11)17)25-18-10-24-16-8-12(23-2)3-6-15(16)20(18)22/h3-10H,1-2H3. The lowest BCUT2D eigenvalue weighted by Gasteiger charge is -2.07. The molecule has 0 aliphatic carbocycles. The molecule has 0 N–H and O–H groups in total. The van der Waals surface area contributed by atoms with Crippen LogP contribution in [-0.4, -0.2) is 7.11 Å². The summed E-state index contributed by atoms with van der Waals surface area (Å²) in [7, 11) is 1.54. The molecule has 2 aromatic heterocycles. The van der Waals surface area contributed by atoms with Gasteiger partial charge in [0.05, 0.1) is 12.5 Å². The van der Waals surface area contributed by atoms with Gasteiger partial charge in [0.2, 0.25) is 11.2 Å². The molecule has 6 nitrogen and oxygen atoms in total. The van der Waals surface area contributed by atoms with E-state index in [1.807, 2.05) is 6.92 Å². The van der Waals surface area contributed by atoms with E-state index in [0.29, 0.717) is 28.1 Å². The van der Waals surface area contributed by atoms with Crippen LogP contribution >= 0.6 is 0 Å². The number of hydrogen-bond donors (Lipinski definition) is 0. The predicted octanol–water partition coefficient (Wildman–Crippen LogP) is 4.01. The summed E-state index contributed by atoms with van der Waals surface area (Å²) in [6.07, 6.45) is 1.25. The van der Waals surface area contributed by atoms with Gasteiger partial charge < -0.3 is 18.3 Å². The lowest BCUT2D eigenvalue weighted by Crippen LogP contribution is -2.05. The van der Waals surface area contributed by atoms with Crippen molar-refractivity contribution < 1.29 is 18.3 Å². The topological polar surface area (TPSA) is 78.9 Å². The molecule has 0 radical (unpaired) electrons. The van der Waals surface area contributed by atoms with E-state index in [9.17, 15) is 9.59 Å². The number of benzene rings is 2. The van der Waals surface area contributed by atoms with Crippen molar-refractivity contribution in [3.05, 3.63) is 74.9 Å². The third-order valence-electron chi connectivity index (χ3n) is 4.10. The van der Waals surface area contributed by atoms with Crippen LogP contribution in [-0.2, 0) is 0 Å². The van der Waals surface area contributed by atoms with E-state index in [1.165, 1.54) is 19.4 Å². The maximum absolute atomic E-state index is 12.6. The summed E-state index contributed by atoms with van der Waals surface area (Å²) in [5.41, 5.74) is 0.859. The second-order valence-electron chi connectivity index (χ2n) is 5.80. The maximum Gasteiger partial charge on any atom is 0.336 e. The fourth-order valence-electron chi connectivity index (χ4n) is 2.78. The summed E-state index contributed by atoms with van der Waals surface area (Å²) in [5, 5.41) is 1.18. The Labute approximate surface area is 147 Å². The average molecular weight is 350 g/mol. The fourth-order valence-corrected chi connectivity index (χ4v) is 2.78. The molecule has 2 aromatic carbocycles. The van der Waals surface area contributed by atoms with Crippen LogP contribution in [0.5, 0.6) is 17.2 Å². The summed E-state index contributed by atoms with van der Waals surface area (Å²) in [4.78, 5) is 24.1. The van der Waals surface area contributed by atoms with Crippen LogP contribution in [0.3, 0.4) is 0 Å². The van der Waals surface area contributed by atoms with E-state index in [4.69, 9.17) is 18.3 Å². The second kappa shape index (κ2) is 6.07. The van der Waals surface area contributed by atoms with E-state index in [0.717, 1.165) is 10.9 Å². The van der Waals surface area contributed by atoms with Crippen LogP contribution in [0.15, 0.2) is 67.2 Å². The van der Waals surface area contributed by atoms with Gasteiger partial charge >= 0.3 is 5.63 Å². The summed E-state index contributed by atoms with van der Waals surface area (Å²) in [6, 6.07) is 11.4. The molecule has 0 fully saturated rings. The number of methoxy groups -OCH3 is 1. The van der Waals surface area contributed by atoms with Gasteiger partial charge in [-0.3, -0.25) is 4.79 Å². The van der Waals surface area contributed by atoms with Gasteiger partial charge in [-0.1, -0.05) is 0 Å². The Hall–Kier alpha value is -3.54. The molecule has 0 amide bonds. The van der Waals surface area contributed by atoms with Gasteiger partial charge in [-0.2, -0.15) is 0 Å². The van der Waals surface area contributed by atoms with E-state index in [1.54, 1.807) is 36.4 Å². The zero-order valence-corrected chi connectivity index (χ0v) is 14.1. The lowest BCUT2D eigenvalue weighted by atomic mass is 10.1. The monoisotopic (exact) mass is 350 g/mol. The summed E-state index contributed by atoms with van der Waals surface area (Å²) < 4.78 is 21.5. The van der Waals surface area contributed by atoms with Crippen molar-refractivity contribution in [3.63, 3.8) is 0 Å². The largest absolute Gasteiger partial charge is 0.497 e.